The van der Waals surface area contributed by atoms with Gasteiger partial charge < -0.3 is 14.7 Å². The predicted molar refractivity (Wildman–Crippen MR) is 88.3 cm³/mol. The number of anilines is 1. The van der Waals surface area contributed by atoms with Gasteiger partial charge in [-0.2, -0.15) is 0 Å². The Balaban J connectivity index is 1.94. The first-order valence-corrected chi connectivity index (χ1v) is 7.28. The van der Waals surface area contributed by atoms with Crippen LogP contribution in [0.25, 0.3) is 0 Å². The van der Waals surface area contributed by atoms with Crippen LogP contribution in [0.1, 0.15) is 21.7 Å². The Hall–Kier alpha value is -3.35. The minimum Gasteiger partial charge on any atom is -0.467 e. The average Bonchev–Trinajstić information content (AvgIpc) is 3.06. The zero-order valence-corrected chi connectivity index (χ0v) is 12.9. The molecule has 0 fully saturated rings. The zero-order chi connectivity index (χ0) is 17.1. The van der Waals surface area contributed by atoms with Crippen LogP contribution in [0.5, 0.6) is 0 Å². The number of hydrogen-bond donors (Lipinski definition) is 2. The first-order valence-electron chi connectivity index (χ1n) is 7.28. The molecular weight excluding hydrogens is 310 g/mol. The standard InChI is InChI=1S/C17H15N3O4/c1-11-5-2-3-7-14(11)19-15(21)13-9-18-17(23)20(16(13)22)10-12-6-4-8-24-12/h2-9H,10H2,1H3,(H,18,23)(H,19,21). The summed E-state index contributed by atoms with van der Waals surface area (Å²) in [4.78, 5) is 39.2. The molecule has 0 unspecified atom stereocenters. The summed E-state index contributed by atoms with van der Waals surface area (Å²) in [6, 6.07) is 10.5. The third-order valence-corrected chi connectivity index (χ3v) is 3.59. The molecule has 2 heterocycles. The second-order valence-electron chi connectivity index (χ2n) is 5.25. The van der Waals surface area contributed by atoms with Crippen LogP contribution < -0.4 is 16.6 Å². The highest BCUT2D eigenvalue weighted by Gasteiger charge is 2.16. The number of carbonyl (C=O) groups is 1. The lowest BCUT2D eigenvalue weighted by atomic mass is 10.2. The van der Waals surface area contributed by atoms with Gasteiger partial charge in [-0.05, 0) is 30.7 Å². The second kappa shape index (κ2) is 6.41. The van der Waals surface area contributed by atoms with Crippen molar-refractivity contribution < 1.29 is 9.21 Å². The lowest BCUT2D eigenvalue weighted by Gasteiger charge is -2.09. The minimum atomic E-state index is -0.679. The van der Waals surface area contributed by atoms with E-state index in [1.54, 1.807) is 24.3 Å². The molecule has 7 heteroatoms. The van der Waals surface area contributed by atoms with E-state index >= 15 is 0 Å². The molecule has 0 aliphatic carbocycles. The average molecular weight is 325 g/mol. The number of aromatic amines is 1. The van der Waals surface area contributed by atoms with E-state index in [1.807, 2.05) is 19.1 Å². The molecule has 2 aromatic heterocycles. The first-order chi connectivity index (χ1) is 11.6. The van der Waals surface area contributed by atoms with Gasteiger partial charge in [-0.1, -0.05) is 18.2 Å². The molecule has 0 bridgehead atoms. The topological polar surface area (TPSA) is 97.1 Å². The van der Waals surface area contributed by atoms with Gasteiger partial charge in [0.2, 0.25) is 0 Å². The van der Waals surface area contributed by atoms with Crippen molar-refractivity contribution in [2.75, 3.05) is 5.32 Å². The smallest absolute Gasteiger partial charge is 0.328 e. The number of nitrogens with zero attached hydrogens (tertiary/aromatic N) is 1. The van der Waals surface area contributed by atoms with Gasteiger partial charge in [0, 0.05) is 11.9 Å². The Bertz CT molecular complexity index is 984. The molecule has 0 saturated heterocycles. The number of furan rings is 1. The molecule has 2 N–H and O–H groups in total. The molecule has 0 atom stereocenters. The van der Waals surface area contributed by atoms with Crippen LogP contribution in [0, 0.1) is 6.92 Å². The van der Waals surface area contributed by atoms with Crippen LogP contribution in [0.2, 0.25) is 0 Å². The number of para-hydroxylation sites is 1. The van der Waals surface area contributed by atoms with E-state index in [0.717, 1.165) is 16.3 Å². The summed E-state index contributed by atoms with van der Waals surface area (Å²) in [7, 11) is 0. The Kier molecular flexibility index (Phi) is 4.15. The van der Waals surface area contributed by atoms with Crippen LogP contribution in [-0.2, 0) is 6.54 Å². The number of rotatable bonds is 4. The van der Waals surface area contributed by atoms with Crippen LogP contribution >= 0.6 is 0 Å². The fourth-order valence-corrected chi connectivity index (χ4v) is 2.28. The van der Waals surface area contributed by atoms with Gasteiger partial charge in [0.15, 0.2) is 0 Å². The van der Waals surface area contributed by atoms with E-state index in [2.05, 4.69) is 10.3 Å². The van der Waals surface area contributed by atoms with Crippen LogP contribution in [0.3, 0.4) is 0 Å². The molecule has 1 aromatic carbocycles. The van der Waals surface area contributed by atoms with Crippen LogP contribution in [0.15, 0.2) is 62.9 Å². The summed E-state index contributed by atoms with van der Waals surface area (Å²) in [5, 5.41) is 2.68. The normalized spacial score (nSPS) is 10.5. The third-order valence-electron chi connectivity index (χ3n) is 3.59. The van der Waals surface area contributed by atoms with Gasteiger partial charge in [0.25, 0.3) is 11.5 Å². The van der Waals surface area contributed by atoms with E-state index in [-0.39, 0.29) is 12.1 Å². The molecule has 0 saturated carbocycles. The number of carbonyl (C=O) groups excluding carboxylic acids is 1. The number of benzene rings is 1. The molecule has 0 aliphatic rings. The number of H-pyrrole nitrogens is 1. The lowest BCUT2D eigenvalue weighted by molar-refractivity contribution is 0.102. The van der Waals surface area contributed by atoms with E-state index in [4.69, 9.17) is 4.42 Å². The van der Waals surface area contributed by atoms with Gasteiger partial charge in [-0.15, -0.1) is 0 Å². The van der Waals surface area contributed by atoms with Crippen LogP contribution in [-0.4, -0.2) is 15.5 Å². The molecule has 3 aromatic rings. The Morgan fingerprint density at radius 2 is 2.00 bits per heavy atom. The summed E-state index contributed by atoms with van der Waals surface area (Å²) < 4.78 is 6.07. The number of aromatic nitrogens is 2. The Morgan fingerprint density at radius 1 is 1.21 bits per heavy atom. The summed E-state index contributed by atoms with van der Waals surface area (Å²) in [5.74, 6) is -0.141. The van der Waals surface area contributed by atoms with Crippen molar-refractivity contribution in [1.29, 1.82) is 0 Å². The van der Waals surface area contributed by atoms with Gasteiger partial charge in [-0.3, -0.25) is 14.2 Å². The summed E-state index contributed by atoms with van der Waals surface area (Å²) >= 11 is 0. The molecule has 0 radical (unpaired) electrons. The van der Waals surface area contributed by atoms with Gasteiger partial charge in [-0.25, -0.2) is 4.79 Å². The maximum Gasteiger partial charge on any atom is 0.328 e. The summed E-state index contributed by atoms with van der Waals surface area (Å²) in [6.07, 6.45) is 2.57. The van der Waals surface area contributed by atoms with Crippen molar-refractivity contribution in [2.45, 2.75) is 13.5 Å². The molecular formula is C17H15N3O4. The van der Waals surface area contributed by atoms with Crippen molar-refractivity contribution in [2.24, 2.45) is 0 Å². The zero-order valence-electron chi connectivity index (χ0n) is 12.9. The molecule has 1 amide bonds. The fourth-order valence-electron chi connectivity index (χ4n) is 2.28. The second-order valence-corrected chi connectivity index (χ2v) is 5.25. The third kappa shape index (κ3) is 3.05. The number of aryl methyl sites for hydroxylation is 1. The SMILES string of the molecule is Cc1ccccc1NC(=O)c1c[nH]c(=O)n(Cc2ccco2)c1=O. The van der Waals surface area contributed by atoms with Crippen molar-refractivity contribution in [3.05, 3.63) is 86.6 Å². The molecule has 0 spiro atoms. The Labute approximate surface area is 136 Å². The predicted octanol–water partition coefficient (Wildman–Crippen LogP) is 1.74. The van der Waals surface area contributed by atoms with Gasteiger partial charge in [0.05, 0.1) is 12.8 Å². The first kappa shape index (κ1) is 15.5. The maximum atomic E-state index is 12.5. The Morgan fingerprint density at radius 3 is 2.71 bits per heavy atom. The molecule has 3 rings (SSSR count). The number of hydrogen-bond acceptors (Lipinski definition) is 4. The van der Waals surface area contributed by atoms with E-state index in [1.165, 1.54) is 6.26 Å². The van der Waals surface area contributed by atoms with Crippen molar-refractivity contribution in [3.63, 3.8) is 0 Å². The number of amides is 1. The minimum absolute atomic E-state index is 0.0490. The summed E-state index contributed by atoms with van der Waals surface area (Å²) in [6.45, 7) is 1.80. The highest BCUT2D eigenvalue weighted by atomic mass is 16.3. The molecule has 7 nitrogen and oxygen atoms in total. The van der Waals surface area contributed by atoms with Crippen molar-refractivity contribution in [1.82, 2.24) is 9.55 Å². The quantitative estimate of drug-likeness (QED) is 0.763. The van der Waals surface area contributed by atoms with E-state index in [0.29, 0.717) is 11.4 Å². The van der Waals surface area contributed by atoms with Gasteiger partial charge in [0.1, 0.15) is 11.3 Å². The molecule has 122 valence electrons. The van der Waals surface area contributed by atoms with E-state index in [9.17, 15) is 14.4 Å². The maximum absolute atomic E-state index is 12.5. The van der Waals surface area contributed by atoms with E-state index < -0.39 is 17.2 Å². The van der Waals surface area contributed by atoms with Crippen molar-refractivity contribution in [3.8, 4) is 0 Å². The molecule has 24 heavy (non-hydrogen) atoms. The highest BCUT2D eigenvalue weighted by molar-refractivity contribution is 6.04. The fraction of sp³-hybridized carbons (Fsp3) is 0.118. The summed E-state index contributed by atoms with van der Waals surface area (Å²) in [5.41, 5.74) is 0.0337. The number of nitrogens with one attached hydrogen (secondary N) is 2. The van der Waals surface area contributed by atoms with Crippen LogP contribution in [0.4, 0.5) is 5.69 Å². The van der Waals surface area contributed by atoms with Gasteiger partial charge >= 0.3 is 5.69 Å². The largest absolute Gasteiger partial charge is 0.467 e. The molecule has 0 aliphatic heterocycles. The van der Waals surface area contributed by atoms with Crippen molar-refractivity contribution >= 4 is 11.6 Å². The monoisotopic (exact) mass is 325 g/mol. The highest BCUT2D eigenvalue weighted by Crippen LogP contribution is 2.13. The lowest BCUT2D eigenvalue weighted by Crippen LogP contribution is -2.39.